The number of benzene rings is 2. The van der Waals surface area contributed by atoms with Crippen LogP contribution >= 0.6 is 0 Å². The predicted molar refractivity (Wildman–Crippen MR) is 162 cm³/mol. The molecule has 0 aliphatic carbocycles. The number of hydrogen-bond donors (Lipinski definition) is 1. The van der Waals surface area contributed by atoms with Crippen LogP contribution in [-0.4, -0.2) is 53.8 Å². The quantitative estimate of drug-likeness (QED) is 0.269. The molecule has 4 rings (SSSR count). The van der Waals surface area contributed by atoms with E-state index in [-0.39, 0.29) is 11.1 Å². The van der Waals surface area contributed by atoms with Gasteiger partial charge in [-0.15, -0.1) is 0 Å². The van der Waals surface area contributed by atoms with E-state index in [0.717, 1.165) is 22.6 Å². The number of carbonyl (C=O) groups is 2. The van der Waals surface area contributed by atoms with Crippen LogP contribution in [0.2, 0.25) is 18.1 Å². The zero-order chi connectivity index (χ0) is 29.3. The predicted octanol–water partition coefficient (Wildman–Crippen LogP) is 6.03. The molecule has 0 spiro atoms. The van der Waals surface area contributed by atoms with E-state index < -0.39 is 31.6 Å². The van der Waals surface area contributed by atoms with Gasteiger partial charge in [0.05, 0.1) is 24.4 Å². The highest BCUT2D eigenvalue weighted by Gasteiger charge is 2.45. The topological polar surface area (TPSA) is 76.5 Å². The molecule has 1 saturated heterocycles. The molecule has 2 heterocycles. The first-order valence-electron chi connectivity index (χ1n) is 14.1. The van der Waals surface area contributed by atoms with Crippen molar-refractivity contribution in [1.82, 2.24) is 19.8 Å². The summed E-state index contributed by atoms with van der Waals surface area (Å²) in [6.45, 7) is 18.6. The van der Waals surface area contributed by atoms with E-state index in [2.05, 4.69) is 82.8 Å². The Hall–Kier alpha value is -3.23. The molecule has 1 fully saturated rings. The summed E-state index contributed by atoms with van der Waals surface area (Å²) in [5.74, 6) is -0.352. The maximum Gasteiger partial charge on any atom is 0.312 e. The van der Waals surface area contributed by atoms with Crippen LogP contribution in [0.1, 0.15) is 59.0 Å². The van der Waals surface area contributed by atoms with E-state index >= 15 is 0 Å². The van der Waals surface area contributed by atoms with E-state index in [1.807, 2.05) is 48.5 Å². The van der Waals surface area contributed by atoms with Gasteiger partial charge < -0.3 is 19.2 Å². The second kappa shape index (κ2) is 11.3. The van der Waals surface area contributed by atoms with Crippen LogP contribution in [0.15, 0.2) is 66.9 Å². The van der Waals surface area contributed by atoms with Crippen molar-refractivity contribution in [3.63, 3.8) is 0 Å². The summed E-state index contributed by atoms with van der Waals surface area (Å²) >= 11 is 0. The molecule has 7 nitrogen and oxygen atoms in total. The Morgan fingerprint density at radius 1 is 0.975 bits per heavy atom. The number of hydrogen-bond acceptors (Lipinski definition) is 4. The van der Waals surface area contributed by atoms with Gasteiger partial charge >= 0.3 is 11.8 Å². The molecule has 2 aromatic carbocycles. The van der Waals surface area contributed by atoms with Gasteiger partial charge in [-0.2, -0.15) is 0 Å². The number of nitrogens with one attached hydrogen (secondary N) is 1. The summed E-state index contributed by atoms with van der Waals surface area (Å²) in [7, 11) is -2.04. The molecule has 1 N–H and O–H groups in total. The minimum atomic E-state index is -2.04. The van der Waals surface area contributed by atoms with Crippen LogP contribution in [0.5, 0.6) is 0 Å². The molecule has 214 valence electrons. The number of rotatable bonds is 8. The van der Waals surface area contributed by atoms with Crippen molar-refractivity contribution in [3.8, 4) is 11.3 Å². The first-order valence-corrected chi connectivity index (χ1v) is 17.0. The molecule has 0 radical (unpaired) electrons. The summed E-state index contributed by atoms with van der Waals surface area (Å²) in [4.78, 5) is 33.4. The van der Waals surface area contributed by atoms with Gasteiger partial charge in [-0.3, -0.25) is 9.59 Å². The van der Waals surface area contributed by atoms with Crippen molar-refractivity contribution in [1.29, 1.82) is 0 Å². The summed E-state index contributed by atoms with van der Waals surface area (Å²) < 4.78 is 8.60. The zero-order valence-electron chi connectivity index (χ0n) is 25.2. The molecule has 0 unspecified atom stereocenters. The molecule has 2 amide bonds. The van der Waals surface area contributed by atoms with Gasteiger partial charge in [0.15, 0.2) is 8.32 Å². The van der Waals surface area contributed by atoms with Crippen LogP contribution in [0.4, 0.5) is 0 Å². The summed E-state index contributed by atoms with van der Waals surface area (Å²) in [6.07, 6.45) is 2.06. The van der Waals surface area contributed by atoms with Gasteiger partial charge in [0.2, 0.25) is 0 Å². The Balaban J connectivity index is 1.73. The van der Waals surface area contributed by atoms with Crippen LogP contribution < -0.4 is 5.32 Å². The smallest absolute Gasteiger partial charge is 0.312 e. The van der Waals surface area contributed by atoms with Crippen LogP contribution in [0.3, 0.4) is 0 Å². The van der Waals surface area contributed by atoms with E-state index in [1.165, 1.54) is 0 Å². The van der Waals surface area contributed by atoms with Crippen molar-refractivity contribution in [2.45, 2.75) is 78.3 Å². The zero-order valence-corrected chi connectivity index (χ0v) is 26.2. The van der Waals surface area contributed by atoms with Gasteiger partial charge in [0.25, 0.3) is 0 Å². The van der Waals surface area contributed by atoms with E-state index in [0.29, 0.717) is 19.7 Å². The lowest BCUT2D eigenvalue weighted by atomic mass is 9.84. The second-order valence-corrected chi connectivity index (χ2v) is 18.2. The maximum absolute atomic E-state index is 13.5. The minimum Gasteiger partial charge on any atom is -0.415 e. The van der Waals surface area contributed by atoms with Crippen LogP contribution in [0.25, 0.3) is 11.3 Å². The molecule has 2 atom stereocenters. The van der Waals surface area contributed by atoms with E-state index in [4.69, 9.17) is 9.41 Å². The molecule has 1 aliphatic heterocycles. The van der Waals surface area contributed by atoms with Gasteiger partial charge in [-0.05, 0) is 29.1 Å². The number of imidazole rings is 1. The number of amides is 2. The number of piperazine rings is 1. The lowest BCUT2D eigenvalue weighted by Crippen LogP contribution is -2.62. The normalized spacial score (nSPS) is 17.6. The Morgan fingerprint density at radius 3 is 2.15 bits per heavy atom. The molecule has 1 aliphatic rings. The Bertz CT molecular complexity index is 1320. The highest BCUT2D eigenvalue weighted by atomic mass is 28.4. The maximum atomic E-state index is 13.5. The van der Waals surface area contributed by atoms with E-state index in [9.17, 15) is 9.59 Å². The van der Waals surface area contributed by atoms with Crippen molar-refractivity contribution < 1.29 is 14.0 Å². The third kappa shape index (κ3) is 6.55. The molecule has 40 heavy (non-hydrogen) atoms. The third-order valence-electron chi connectivity index (χ3n) is 8.11. The van der Waals surface area contributed by atoms with Gasteiger partial charge in [0, 0.05) is 24.8 Å². The first-order chi connectivity index (χ1) is 18.7. The number of carbonyl (C=O) groups excluding carboxylic acids is 2. The Labute approximate surface area is 240 Å². The average Bonchev–Trinajstić information content (AvgIpc) is 3.28. The Morgan fingerprint density at radius 2 is 1.57 bits per heavy atom. The Kier molecular flexibility index (Phi) is 8.43. The van der Waals surface area contributed by atoms with Gasteiger partial charge in [0.1, 0.15) is 5.82 Å². The van der Waals surface area contributed by atoms with Crippen molar-refractivity contribution in [2.24, 2.45) is 5.41 Å². The fourth-order valence-corrected chi connectivity index (χ4v) is 5.93. The fourth-order valence-electron chi connectivity index (χ4n) is 4.88. The van der Waals surface area contributed by atoms with Crippen molar-refractivity contribution >= 4 is 20.1 Å². The molecule has 8 heteroatoms. The largest absolute Gasteiger partial charge is 0.415 e. The minimum absolute atomic E-state index is 0.0468. The number of aromatic nitrogens is 2. The fraction of sp³-hybridized carbons (Fsp3) is 0.469. The van der Waals surface area contributed by atoms with Gasteiger partial charge in [-0.1, -0.05) is 102 Å². The monoisotopic (exact) mass is 560 g/mol. The highest BCUT2D eigenvalue weighted by molar-refractivity contribution is 6.74. The highest BCUT2D eigenvalue weighted by Crippen LogP contribution is 2.40. The lowest BCUT2D eigenvalue weighted by Gasteiger charge is -2.44. The molecule has 0 bridgehead atoms. The van der Waals surface area contributed by atoms with Crippen molar-refractivity contribution in [2.75, 3.05) is 13.2 Å². The van der Waals surface area contributed by atoms with E-state index in [1.54, 1.807) is 4.90 Å². The molecule has 3 aromatic rings. The first kappa shape index (κ1) is 29.7. The lowest BCUT2D eigenvalue weighted by molar-refractivity contribution is -0.154. The molecule has 0 saturated carbocycles. The SMILES string of the molecule is CC(C)(C)[C@H](c1nc(-c2ccccc2)cn1Cc1ccccc1)N1C[C@@H](CO[Si](C)(C)C(C)(C)C)NC(=O)C1=O. The molecular formula is C32H44N4O3Si. The molecule has 1 aromatic heterocycles. The van der Waals surface area contributed by atoms with Gasteiger partial charge in [-0.25, -0.2) is 4.98 Å². The standard InChI is InChI=1S/C32H44N4O3Si/c1-31(2,3)27(36-20-25(33-29(37)30(36)38)22-39-40(7,8)32(4,5)6)28-34-26(24-17-13-10-14-18-24)21-35(28)19-23-15-11-9-12-16-23/h9-18,21,25,27H,19-20,22H2,1-8H3,(H,33,37)/t25-,27-/m0/s1. The van der Waals surface area contributed by atoms with Crippen molar-refractivity contribution in [3.05, 3.63) is 78.2 Å². The summed E-state index contributed by atoms with van der Waals surface area (Å²) in [6, 6.07) is 19.6. The second-order valence-electron chi connectivity index (χ2n) is 13.4. The summed E-state index contributed by atoms with van der Waals surface area (Å²) in [5.41, 5.74) is 2.59. The summed E-state index contributed by atoms with van der Waals surface area (Å²) in [5, 5.41) is 2.95. The average molecular weight is 561 g/mol. The third-order valence-corrected chi connectivity index (χ3v) is 12.6. The van der Waals surface area contributed by atoms with Crippen LogP contribution in [0, 0.1) is 5.41 Å². The molecular weight excluding hydrogens is 516 g/mol. The number of nitrogens with zero attached hydrogens (tertiary/aromatic N) is 3. The van der Waals surface area contributed by atoms with Crippen LogP contribution in [-0.2, 0) is 20.6 Å².